The molecule has 0 unspecified atom stereocenters. The second-order valence-electron chi connectivity index (χ2n) is 4.15. The maximum atomic E-state index is 10.9. The molecule has 2 N–H and O–H groups in total. The number of nitrogens with one attached hydrogen (secondary N) is 1. The molecule has 1 fully saturated rings. The van der Waals surface area contributed by atoms with Crippen LogP contribution in [0.4, 0.5) is 0 Å². The van der Waals surface area contributed by atoms with E-state index in [4.69, 9.17) is 5.11 Å². The van der Waals surface area contributed by atoms with E-state index in [1.807, 2.05) is 13.8 Å². The van der Waals surface area contributed by atoms with Crippen molar-refractivity contribution >= 4 is 5.97 Å². The Morgan fingerprint density at radius 1 is 1.69 bits per heavy atom. The van der Waals surface area contributed by atoms with Gasteiger partial charge in [0.2, 0.25) is 0 Å². The van der Waals surface area contributed by atoms with Gasteiger partial charge in [-0.05, 0) is 11.0 Å². The Hall–Kier alpha value is -1.32. The van der Waals surface area contributed by atoms with Gasteiger partial charge in [-0.25, -0.2) is 0 Å². The molecule has 1 aromatic rings. The number of hydrogen-bond donors (Lipinski definition) is 2. The zero-order chi connectivity index (χ0) is 9.64. The Balaban J connectivity index is 2.25. The summed E-state index contributed by atoms with van der Waals surface area (Å²) in [4.78, 5) is 10.9. The van der Waals surface area contributed by atoms with E-state index in [-0.39, 0.29) is 17.3 Å². The summed E-state index contributed by atoms with van der Waals surface area (Å²) in [6, 6.07) is 0. The van der Waals surface area contributed by atoms with Crippen LogP contribution in [0, 0.1) is 11.3 Å². The monoisotopic (exact) mass is 180 g/mol. The third kappa shape index (κ3) is 1.05. The highest BCUT2D eigenvalue weighted by atomic mass is 16.4. The molecule has 1 aliphatic rings. The first-order valence-electron chi connectivity index (χ1n) is 4.26. The average Bonchev–Trinajstić information content (AvgIpc) is 2.50. The summed E-state index contributed by atoms with van der Waals surface area (Å²) in [5, 5.41) is 15.5. The first-order valence-corrected chi connectivity index (χ1v) is 4.26. The fourth-order valence-corrected chi connectivity index (χ4v) is 2.15. The van der Waals surface area contributed by atoms with Crippen molar-refractivity contribution in [2.45, 2.75) is 19.8 Å². The fourth-order valence-electron chi connectivity index (χ4n) is 2.15. The lowest BCUT2D eigenvalue weighted by Crippen LogP contribution is -2.02. The van der Waals surface area contributed by atoms with Crippen LogP contribution in [0.1, 0.15) is 25.3 Å². The summed E-state index contributed by atoms with van der Waals surface area (Å²) < 4.78 is 0. The molecular weight excluding hydrogens is 168 g/mol. The van der Waals surface area contributed by atoms with Gasteiger partial charge < -0.3 is 5.11 Å². The number of carboxylic acid groups (broad SMARTS) is 1. The molecule has 1 aliphatic carbocycles. The van der Waals surface area contributed by atoms with Crippen LogP contribution in [0.25, 0.3) is 0 Å². The lowest BCUT2D eigenvalue weighted by molar-refractivity contribution is -0.139. The number of aliphatic carboxylic acids is 1. The highest BCUT2D eigenvalue weighted by molar-refractivity contribution is 5.77. The topological polar surface area (TPSA) is 66.0 Å². The third-order valence-corrected chi connectivity index (χ3v) is 2.97. The second kappa shape index (κ2) is 2.34. The van der Waals surface area contributed by atoms with Gasteiger partial charge in [0.1, 0.15) is 0 Å². The number of carboxylic acids is 1. The Kier molecular flexibility index (Phi) is 1.49. The highest BCUT2D eigenvalue weighted by Crippen LogP contribution is 2.64. The quantitative estimate of drug-likeness (QED) is 0.719. The van der Waals surface area contributed by atoms with Crippen molar-refractivity contribution in [2.24, 2.45) is 11.3 Å². The molecule has 0 amide bonds. The minimum Gasteiger partial charge on any atom is -0.481 e. The Morgan fingerprint density at radius 2 is 2.38 bits per heavy atom. The first-order chi connectivity index (χ1) is 6.05. The molecule has 0 bridgehead atoms. The van der Waals surface area contributed by atoms with Crippen LogP contribution in [0.15, 0.2) is 12.4 Å². The SMILES string of the molecule is CC1(C)[C@H](C(=O)O)[C@H]1c1cn[nH]c1. The van der Waals surface area contributed by atoms with Gasteiger partial charge in [-0.3, -0.25) is 9.89 Å². The second-order valence-corrected chi connectivity index (χ2v) is 4.15. The van der Waals surface area contributed by atoms with Crippen LogP contribution in [0.3, 0.4) is 0 Å². The summed E-state index contributed by atoms with van der Waals surface area (Å²) in [6.07, 6.45) is 3.48. The molecule has 4 nitrogen and oxygen atoms in total. The number of rotatable bonds is 2. The summed E-state index contributed by atoms with van der Waals surface area (Å²) in [5.74, 6) is -0.856. The van der Waals surface area contributed by atoms with Crippen molar-refractivity contribution in [3.63, 3.8) is 0 Å². The Labute approximate surface area is 76.0 Å². The standard InChI is InChI=1S/C9H12N2O2/c1-9(2)6(7(9)8(12)13)5-3-10-11-4-5/h3-4,6-7H,1-2H3,(H,10,11)(H,12,13)/t6-,7+/m1/s1. The first kappa shape index (κ1) is 8.29. The largest absolute Gasteiger partial charge is 0.481 e. The van der Waals surface area contributed by atoms with Crippen molar-refractivity contribution in [3.05, 3.63) is 18.0 Å². The van der Waals surface area contributed by atoms with E-state index >= 15 is 0 Å². The fraction of sp³-hybridized carbons (Fsp3) is 0.556. The van der Waals surface area contributed by atoms with Crippen LogP contribution in [0.5, 0.6) is 0 Å². The molecule has 4 heteroatoms. The van der Waals surface area contributed by atoms with E-state index in [1.54, 1.807) is 12.4 Å². The normalized spacial score (nSPS) is 30.0. The average molecular weight is 180 g/mol. The summed E-state index contributed by atoms with van der Waals surface area (Å²) in [7, 11) is 0. The van der Waals surface area contributed by atoms with E-state index < -0.39 is 5.97 Å². The molecule has 0 aromatic carbocycles. The molecular formula is C9H12N2O2. The van der Waals surface area contributed by atoms with E-state index in [0.717, 1.165) is 5.56 Å². The highest BCUT2D eigenvalue weighted by Gasteiger charge is 2.62. The molecule has 0 spiro atoms. The maximum Gasteiger partial charge on any atom is 0.307 e. The molecule has 1 heterocycles. The number of nitrogens with zero attached hydrogens (tertiary/aromatic N) is 1. The lowest BCUT2D eigenvalue weighted by Gasteiger charge is -1.97. The van der Waals surface area contributed by atoms with Gasteiger partial charge in [-0.15, -0.1) is 0 Å². The number of H-pyrrole nitrogens is 1. The van der Waals surface area contributed by atoms with Crippen LogP contribution in [-0.4, -0.2) is 21.3 Å². The molecule has 2 atom stereocenters. The van der Waals surface area contributed by atoms with Gasteiger partial charge in [-0.1, -0.05) is 13.8 Å². The van der Waals surface area contributed by atoms with Crippen LogP contribution >= 0.6 is 0 Å². The van der Waals surface area contributed by atoms with E-state index in [0.29, 0.717) is 0 Å². The molecule has 0 aliphatic heterocycles. The van der Waals surface area contributed by atoms with E-state index in [9.17, 15) is 4.79 Å². The molecule has 0 saturated heterocycles. The van der Waals surface area contributed by atoms with Gasteiger partial charge in [0, 0.05) is 12.1 Å². The van der Waals surface area contributed by atoms with Gasteiger partial charge >= 0.3 is 5.97 Å². The lowest BCUT2D eigenvalue weighted by atomic mass is 10.1. The molecule has 70 valence electrons. The molecule has 1 aromatic heterocycles. The number of carbonyl (C=O) groups is 1. The van der Waals surface area contributed by atoms with Crippen LogP contribution in [0.2, 0.25) is 0 Å². The zero-order valence-corrected chi connectivity index (χ0v) is 7.61. The van der Waals surface area contributed by atoms with Crippen LogP contribution < -0.4 is 0 Å². The minimum absolute atomic E-state index is 0.115. The molecule has 0 radical (unpaired) electrons. The smallest absolute Gasteiger partial charge is 0.307 e. The Morgan fingerprint density at radius 3 is 2.77 bits per heavy atom. The zero-order valence-electron chi connectivity index (χ0n) is 7.61. The predicted molar refractivity (Wildman–Crippen MR) is 46.2 cm³/mol. The van der Waals surface area contributed by atoms with E-state index in [1.165, 1.54) is 0 Å². The van der Waals surface area contributed by atoms with Crippen molar-refractivity contribution < 1.29 is 9.90 Å². The number of hydrogen-bond acceptors (Lipinski definition) is 2. The summed E-state index contributed by atoms with van der Waals surface area (Å²) in [5.41, 5.74) is 0.868. The maximum absolute atomic E-state index is 10.9. The van der Waals surface area contributed by atoms with E-state index in [2.05, 4.69) is 10.2 Å². The number of aromatic amines is 1. The van der Waals surface area contributed by atoms with Gasteiger partial charge in [-0.2, -0.15) is 5.10 Å². The van der Waals surface area contributed by atoms with Gasteiger partial charge in [0.25, 0.3) is 0 Å². The van der Waals surface area contributed by atoms with Crippen molar-refractivity contribution in [3.8, 4) is 0 Å². The van der Waals surface area contributed by atoms with Crippen molar-refractivity contribution in [1.29, 1.82) is 0 Å². The Bertz CT molecular complexity index is 329. The minimum atomic E-state index is -0.712. The van der Waals surface area contributed by atoms with Crippen molar-refractivity contribution in [2.75, 3.05) is 0 Å². The molecule has 1 saturated carbocycles. The molecule has 13 heavy (non-hydrogen) atoms. The summed E-state index contributed by atoms with van der Waals surface area (Å²) >= 11 is 0. The van der Waals surface area contributed by atoms with Crippen molar-refractivity contribution in [1.82, 2.24) is 10.2 Å². The predicted octanol–water partition coefficient (Wildman–Crippen LogP) is 1.23. The molecule has 2 rings (SSSR count). The third-order valence-electron chi connectivity index (χ3n) is 2.97. The summed E-state index contributed by atoms with van der Waals surface area (Å²) in [6.45, 7) is 3.95. The van der Waals surface area contributed by atoms with Gasteiger partial charge in [0.15, 0.2) is 0 Å². The number of aromatic nitrogens is 2. The van der Waals surface area contributed by atoms with Gasteiger partial charge in [0.05, 0.1) is 12.1 Å². The van der Waals surface area contributed by atoms with Crippen LogP contribution in [-0.2, 0) is 4.79 Å².